The van der Waals surface area contributed by atoms with E-state index < -0.39 is 0 Å². The van der Waals surface area contributed by atoms with Gasteiger partial charge in [-0.3, -0.25) is 9.59 Å². The Bertz CT molecular complexity index is 575. The van der Waals surface area contributed by atoms with E-state index in [-0.39, 0.29) is 24.5 Å². The molecule has 2 aliphatic heterocycles. The molecule has 1 aromatic carbocycles. The first kappa shape index (κ1) is 16.9. The third kappa shape index (κ3) is 4.12. The minimum atomic E-state index is -0.328. The topological polar surface area (TPSA) is 49.9 Å². The van der Waals surface area contributed by atoms with Gasteiger partial charge in [0.15, 0.2) is 6.61 Å². The minimum Gasteiger partial charge on any atom is -0.484 e. The molecule has 7 heteroatoms. The molecule has 0 saturated carbocycles. The van der Waals surface area contributed by atoms with Gasteiger partial charge in [-0.25, -0.2) is 0 Å². The van der Waals surface area contributed by atoms with Crippen LogP contribution in [0.2, 0.25) is 0 Å². The number of ether oxygens (including phenoxy) is 1. The first-order valence-corrected chi connectivity index (χ1v) is 9.93. The van der Waals surface area contributed by atoms with Gasteiger partial charge in [0, 0.05) is 22.4 Å². The summed E-state index contributed by atoms with van der Waals surface area (Å²) in [5.74, 6) is 1.90. The number of benzene rings is 1. The molecule has 0 N–H and O–H groups in total. The van der Waals surface area contributed by atoms with Crippen LogP contribution in [0.15, 0.2) is 24.3 Å². The number of halogens is 1. The fraction of sp³-hybridized carbons (Fsp3) is 0.500. The van der Waals surface area contributed by atoms with Gasteiger partial charge >= 0.3 is 0 Å². The van der Waals surface area contributed by atoms with Crippen LogP contribution in [0.1, 0.15) is 12.8 Å². The predicted molar refractivity (Wildman–Crippen MR) is 98.4 cm³/mol. The summed E-state index contributed by atoms with van der Waals surface area (Å²) in [6.45, 7) is 1.62. The summed E-state index contributed by atoms with van der Waals surface area (Å²) in [6, 6.07) is 7.24. The second-order valence-electron chi connectivity index (χ2n) is 5.65. The van der Waals surface area contributed by atoms with E-state index in [4.69, 9.17) is 4.74 Å². The fourth-order valence-electron chi connectivity index (χ4n) is 2.80. The van der Waals surface area contributed by atoms with Crippen LogP contribution in [-0.4, -0.2) is 59.0 Å². The zero-order valence-corrected chi connectivity index (χ0v) is 15.7. The summed E-state index contributed by atoms with van der Waals surface area (Å²) in [5.41, 5.74) is 0. The summed E-state index contributed by atoms with van der Waals surface area (Å²) in [4.78, 5) is 28.5. The van der Waals surface area contributed by atoms with Gasteiger partial charge in [-0.05, 0) is 59.7 Å². The monoisotopic (exact) mass is 446 g/mol. The molecule has 0 spiro atoms. The van der Waals surface area contributed by atoms with Crippen LogP contribution in [0.5, 0.6) is 5.75 Å². The molecule has 0 aromatic heterocycles. The molecule has 1 aromatic rings. The Hall–Kier alpha value is -0.960. The van der Waals surface area contributed by atoms with Crippen molar-refractivity contribution in [1.29, 1.82) is 0 Å². The zero-order chi connectivity index (χ0) is 16.2. The smallest absolute Gasteiger partial charge is 0.261 e. The van der Waals surface area contributed by atoms with Crippen molar-refractivity contribution in [1.82, 2.24) is 9.80 Å². The second kappa shape index (κ2) is 7.74. The molecule has 2 aliphatic rings. The van der Waals surface area contributed by atoms with Gasteiger partial charge in [0.2, 0.25) is 5.91 Å². The Kier molecular flexibility index (Phi) is 5.68. The molecule has 2 saturated heterocycles. The van der Waals surface area contributed by atoms with Crippen LogP contribution in [0, 0.1) is 3.57 Å². The van der Waals surface area contributed by atoms with E-state index >= 15 is 0 Å². The van der Waals surface area contributed by atoms with E-state index in [1.54, 1.807) is 16.7 Å². The first-order valence-electron chi connectivity index (χ1n) is 7.69. The van der Waals surface area contributed by atoms with E-state index in [0.29, 0.717) is 17.4 Å². The highest BCUT2D eigenvalue weighted by Crippen LogP contribution is 2.24. The lowest BCUT2D eigenvalue weighted by Crippen LogP contribution is -2.49. The summed E-state index contributed by atoms with van der Waals surface area (Å²) < 4.78 is 6.68. The zero-order valence-electron chi connectivity index (χ0n) is 12.7. The highest BCUT2D eigenvalue weighted by atomic mass is 127. The lowest BCUT2D eigenvalue weighted by molar-refractivity contribution is -0.143. The average Bonchev–Trinajstić information content (AvgIpc) is 3.24. The van der Waals surface area contributed by atoms with Gasteiger partial charge in [-0.15, -0.1) is 11.8 Å². The minimum absolute atomic E-state index is 0.0229. The quantitative estimate of drug-likeness (QED) is 0.666. The number of carbonyl (C=O) groups is 2. The molecule has 23 heavy (non-hydrogen) atoms. The lowest BCUT2D eigenvalue weighted by atomic mass is 10.2. The van der Waals surface area contributed by atoms with Gasteiger partial charge in [0.1, 0.15) is 11.8 Å². The largest absolute Gasteiger partial charge is 0.484 e. The number of thioether (sulfide) groups is 1. The van der Waals surface area contributed by atoms with Crippen molar-refractivity contribution in [3.8, 4) is 5.75 Å². The first-order chi connectivity index (χ1) is 11.1. The Labute approximate surface area is 153 Å². The second-order valence-corrected chi connectivity index (χ2v) is 7.90. The van der Waals surface area contributed by atoms with Crippen molar-refractivity contribution in [2.45, 2.75) is 18.9 Å². The standard InChI is InChI=1S/C16H19IN2O3S/c17-12-3-5-13(6-4-12)22-9-15(20)19-11-23-10-14(19)16(21)18-7-1-2-8-18/h3-6,14H,1-2,7-11H2. The maximum absolute atomic E-state index is 12.6. The Morgan fingerprint density at radius 3 is 2.61 bits per heavy atom. The van der Waals surface area contributed by atoms with Gasteiger partial charge in [0.05, 0.1) is 5.88 Å². The fourth-order valence-corrected chi connectivity index (χ4v) is 4.33. The van der Waals surface area contributed by atoms with E-state index in [2.05, 4.69) is 22.6 Å². The van der Waals surface area contributed by atoms with Crippen molar-refractivity contribution in [2.75, 3.05) is 31.3 Å². The maximum atomic E-state index is 12.6. The van der Waals surface area contributed by atoms with E-state index in [1.165, 1.54) is 0 Å². The molecule has 1 atom stereocenters. The summed E-state index contributed by atoms with van der Waals surface area (Å²) >= 11 is 3.85. The normalized spacial score (nSPS) is 20.8. The third-order valence-corrected chi connectivity index (χ3v) is 5.81. The Morgan fingerprint density at radius 2 is 1.91 bits per heavy atom. The van der Waals surface area contributed by atoms with E-state index in [1.807, 2.05) is 29.2 Å². The lowest BCUT2D eigenvalue weighted by Gasteiger charge is -2.27. The molecule has 2 heterocycles. The van der Waals surface area contributed by atoms with Crippen molar-refractivity contribution in [2.24, 2.45) is 0 Å². The van der Waals surface area contributed by atoms with Crippen LogP contribution < -0.4 is 4.74 Å². The van der Waals surface area contributed by atoms with Crippen molar-refractivity contribution < 1.29 is 14.3 Å². The summed E-state index contributed by atoms with van der Waals surface area (Å²) in [5, 5.41) is 0. The number of hydrogen-bond acceptors (Lipinski definition) is 4. The molecule has 2 amide bonds. The highest BCUT2D eigenvalue weighted by molar-refractivity contribution is 14.1. The van der Waals surface area contributed by atoms with Gasteiger partial charge < -0.3 is 14.5 Å². The van der Waals surface area contributed by atoms with Crippen LogP contribution in [0.4, 0.5) is 0 Å². The van der Waals surface area contributed by atoms with Gasteiger partial charge in [-0.1, -0.05) is 0 Å². The average molecular weight is 446 g/mol. The Balaban J connectivity index is 1.57. The van der Waals surface area contributed by atoms with Gasteiger partial charge in [-0.2, -0.15) is 0 Å². The number of carbonyl (C=O) groups excluding carboxylic acids is 2. The molecular weight excluding hydrogens is 427 g/mol. The highest BCUT2D eigenvalue weighted by Gasteiger charge is 2.37. The number of amides is 2. The van der Waals surface area contributed by atoms with Gasteiger partial charge in [0.25, 0.3) is 5.91 Å². The molecule has 124 valence electrons. The van der Waals surface area contributed by atoms with Crippen LogP contribution >= 0.6 is 34.4 Å². The molecule has 0 bridgehead atoms. The van der Waals surface area contributed by atoms with Crippen molar-refractivity contribution in [3.05, 3.63) is 27.8 Å². The van der Waals surface area contributed by atoms with E-state index in [9.17, 15) is 9.59 Å². The predicted octanol–water partition coefficient (Wildman–Crippen LogP) is 2.19. The number of rotatable bonds is 4. The van der Waals surface area contributed by atoms with E-state index in [0.717, 1.165) is 29.5 Å². The number of likely N-dealkylation sites (tertiary alicyclic amines) is 1. The number of hydrogen-bond donors (Lipinski definition) is 0. The van der Waals surface area contributed by atoms with Crippen molar-refractivity contribution in [3.63, 3.8) is 0 Å². The Morgan fingerprint density at radius 1 is 1.22 bits per heavy atom. The van der Waals surface area contributed by atoms with Crippen molar-refractivity contribution >= 4 is 46.2 Å². The molecule has 2 fully saturated rings. The summed E-state index contributed by atoms with van der Waals surface area (Å²) in [7, 11) is 0. The molecule has 0 radical (unpaired) electrons. The molecule has 0 aliphatic carbocycles. The third-order valence-electron chi connectivity index (χ3n) is 4.08. The molecular formula is C16H19IN2O3S. The SMILES string of the molecule is O=C(C1CSCN1C(=O)COc1ccc(I)cc1)N1CCCC1. The van der Waals surface area contributed by atoms with Crippen LogP contribution in [-0.2, 0) is 9.59 Å². The maximum Gasteiger partial charge on any atom is 0.261 e. The molecule has 5 nitrogen and oxygen atoms in total. The van der Waals surface area contributed by atoms with Crippen LogP contribution in [0.25, 0.3) is 0 Å². The number of nitrogens with zero attached hydrogens (tertiary/aromatic N) is 2. The molecule has 1 unspecified atom stereocenters. The molecule has 3 rings (SSSR count). The van der Waals surface area contributed by atoms with Crippen LogP contribution in [0.3, 0.4) is 0 Å². The summed E-state index contributed by atoms with van der Waals surface area (Å²) in [6.07, 6.45) is 2.13.